The highest BCUT2D eigenvalue weighted by molar-refractivity contribution is 7.98. The lowest BCUT2D eigenvalue weighted by atomic mass is 10.1. The molecule has 0 spiro atoms. The molecule has 0 saturated carbocycles. The van der Waals surface area contributed by atoms with Crippen molar-refractivity contribution in [3.05, 3.63) is 29.6 Å². The van der Waals surface area contributed by atoms with Gasteiger partial charge in [-0.25, -0.2) is 4.39 Å². The second-order valence-electron chi connectivity index (χ2n) is 4.62. The number of rotatable bonds is 6. The number of benzene rings is 1. The Hall–Kier alpha value is -0.740. The first-order chi connectivity index (χ1) is 8.47. The van der Waals surface area contributed by atoms with Crippen LogP contribution in [-0.4, -0.2) is 30.2 Å². The zero-order chi connectivity index (χ0) is 13.7. The van der Waals surface area contributed by atoms with E-state index in [1.807, 2.05) is 18.8 Å². The smallest absolute Gasteiger partial charge is 0.123 e. The fourth-order valence-electron chi connectivity index (χ4n) is 1.90. The summed E-state index contributed by atoms with van der Waals surface area (Å²) in [5.74, 6) is 0.788. The van der Waals surface area contributed by atoms with E-state index in [4.69, 9.17) is 0 Å². The first-order valence-electron chi connectivity index (χ1n) is 6.16. The number of halogens is 1. The van der Waals surface area contributed by atoms with Gasteiger partial charge in [-0.1, -0.05) is 0 Å². The molecule has 0 aliphatic carbocycles. The predicted molar refractivity (Wildman–Crippen MR) is 77.9 cm³/mol. The van der Waals surface area contributed by atoms with Crippen LogP contribution in [0.2, 0.25) is 0 Å². The fourth-order valence-corrected chi connectivity index (χ4v) is 2.48. The molecule has 0 aliphatic rings. The van der Waals surface area contributed by atoms with Gasteiger partial charge in [0.25, 0.3) is 0 Å². The molecule has 0 saturated heterocycles. The third-order valence-electron chi connectivity index (χ3n) is 3.22. The van der Waals surface area contributed by atoms with E-state index in [9.17, 15) is 9.50 Å². The molecule has 1 aromatic rings. The van der Waals surface area contributed by atoms with Gasteiger partial charge in [0.1, 0.15) is 5.82 Å². The Bertz CT molecular complexity index is 384. The van der Waals surface area contributed by atoms with Crippen LogP contribution in [0.5, 0.6) is 0 Å². The van der Waals surface area contributed by atoms with E-state index in [0.29, 0.717) is 11.6 Å². The Morgan fingerprint density at radius 3 is 2.61 bits per heavy atom. The minimum absolute atomic E-state index is 0.306. The van der Waals surface area contributed by atoms with Gasteiger partial charge in [-0.15, -0.1) is 0 Å². The Labute approximate surface area is 113 Å². The second-order valence-corrected chi connectivity index (χ2v) is 5.61. The summed E-state index contributed by atoms with van der Waals surface area (Å²) in [6.07, 6.45) is 2.49. The molecule has 0 amide bonds. The van der Waals surface area contributed by atoms with Crippen molar-refractivity contribution in [3.63, 3.8) is 0 Å². The van der Waals surface area contributed by atoms with Crippen molar-refractivity contribution in [2.75, 3.05) is 24.0 Å². The predicted octanol–water partition coefficient (Wildman–Crippen LogP) is 3.46. The molecule has 1 N–H and O–H groups in total. The molecule has 18 heavy (non-hydrogen) atoms. The molecular weight excluding hydrogens is 249 g/mol. The van der Waals surface area contributed by atoms with E-state index >= 15 is 0 Å². The van der Waals surface area contributed by atoms with Crippen molar-refractivity contribution in [2.45, 2.75) is 32.4 Å². The van der Waals surface area contributed by atoms with Gasteiger partial charge in [0.15, 0.2) is 0 Å². The largest absolute Gasteiger partial charge is 0.389 e. The van der Waals surface area contributed by atoms with Gasteiger partial charge in [0.05, 0.1) is 6.10 Å². The van der Waals surface area contributed by atoms with Crippen LogP contribution in [0.4, 0.5) is 10.1 Å². The highest BCUT2D eigenvalue weighted by Crippen LogP contribution is 2.28. The molecule has 4 heteroatoms. The lowest BCUT2D eigenvalue weighted by Crippen LogP contribution is -2.30. The maximum atomic E-state index is 13.2. The number of anilines is 1. The van der Waals surface area contributed by atoms with Crippen molar-refractivity contribution in [1.82, 2.24) is 0 Å². The summed E-state index contributed by atoms with van der Waals surface area (Å²) in [7, 11) is 1.99. The second kappa shape index (κ2) is 7.00. The number of aliphatic hydroxyl groups excluding tert-OH is 1. The Balaban J connectivity index is 2.93. The molecule has 0 heterocycles. The summed E-state index contributed by atoms with van der Waals surface area (Å²) in [4.78, 5) is 2.11. The van der Waals surface area contributed by atoms with Gasteiger partial charge < -0.3 is 10.0 Å². The lowest BCUT2D eigenvalue weighted by Gasteiger charge is -2.29. The lowest BCUT2D eigenvalue weighted by molar-refractivity contribution is 0.199. The van der Waals surface area contributed by atoms with Crippen LogP contribution in [-0.2, 0) is 0 Å². The highest BCUT2D eigenvalue weighted by atomic mass is 32.2. The summed E-state index contributed by atoms with van der Waals surface area (Å²) in [5, 5.41) is 9.74. The van der Waals surface area contributed by atoms with E-state index in [1.54, 1.807) is 13.0 Å². The molecule has 1 unspecified atom stereocenters. The number of aliphatic hydroxyl groups is 1. The molecule has 0 bridgehead atoms. The SMILES string of the molecule is CSCCC(C)N(C)c1ccc(F)cc1[C@@H](C)O. The van der Waals surface area contributed by atoms with Crippen LogP contribution in [0.1, 0.15) is 31.9 Å². The molecule has 102 valence electrons. The van der Waals surface area contributed by atoms with Gasteiger partial charge >= 0.3 is 0 Å². The molecule has 0 aliphatic heterocycles. The molecule has 1 rings (SSSR count). The Morgan fingerprint density at radius 1 is 1.39 bits per heavy atom. The van der Waals surface area contributed by atoms with Crippen molar-refractivity contribution in [1.29, 1.82) is 0 Å². The number of hydrogen-bond donors (Lipinski definition) is 1. The average Bonchev–Trinajstić information content (AvgIpc) is 2.34. The summed E-state index contributed by atoms with van der Waals surface area (Å²) in [6, 6.07) is 4.96. The molecule has 0 radical (unpaired) electrons. The zero-order valence-corrected chi connectivity index (χ0v) is 12.3. The zero-order valence-electron chi connectivity index (χ0n) is 11.5. The summed E-state index contributed by atoms with van der Waals surface area (Å²) in [5.41, 5.74) is 1.55. The van der Waals surface area contributed by atoms with Crippen LogP contribution in [0.15, 0.2) is 18.2 Å². The molecule has 0 aromatic heterocycles. The quantitative estimate of drug-likeness (QED) is 0.857. The van der Waals surface area contributed by atoms with Gasteiger partial charge in [-0.05, 0) is 50.5 Å². The van der Waals surface area contributed by atoms with Crippen LogP contribution in [0, 0.1) is 5.82 Å². The monoisotopic (exact) mass is 271 g/mol. The summed E-state index contributed by atoms with van der Waals surface area (Å²) >= 11 is 1.82. The third kappa shape index (κ3) is 3.89. The van der Waals surface area contributed by atoms with Crippen LogP contribution >= 0.6 is 11.8 Å². The van der Waals surface area contributed by atoms with E-state index < -0.39 is 6.10 Å². The standard InChI is InChI=1S/C14H22FNOS/c1-10(7-8-18-4)16(3)14-6-5-12(15)9-13(14)11(2)17/h5-6,9-11,17H,7-8H2,1-4H3/t10?,11-/m1/s1. The highest BCUT2D eigenvalue weighted by Gasteiger charge is 2.16. The van der Waals surface area contributed by atoms with Gasteiger partial charge in [-0.2, -0.15) is 11.8 Å². The van der Waals surface area contributed by atoms with E-state index in [0.717, 1.165) is 17.9 Å². The van der Waals surface area contributed by atoms with E-state index in [1.165, 1.54) is 12.1 Å². The summed E-state index contributed by atoms with van der Waals surface area (Å²) in [6.45, 7) is 3.81. The minimum Gasteiger partial charge on any atom is -0.389 e. The molecule has 2 nitrogen and oxygen atoms in total. The Kier molecular flexibility index (Phi) is 5.96. The molecular formula is C14H22FNOS. The minimum atomic E-state index is -0.661. The average molecular weight is 271 g/mol. The number of thioether (sulfide) groups is 1. The van der Waals surface area contributed by atoms with E-state index in [-0.39, 0.29) is 5.82 Å². The first-order valence-corrected chi connectivity index (χ1v) is 7.56. The van der Waals surface area contributed by atoms with Crippen LogP contribution in [0.3, 0.4) is 0 Å². The van der Waals surface area contributed by atoms with Crippen molar-refractivity contribution < 1.29 is 9.50 Å². The van der Waals surface area contributed by atoms with Crippen molar-refractivity contribution in [3.8, 4) is 0 Å². The molecule has 2 atom stereocenters. The topological polar surface area (TPSA) is 23.5 Å². The van der Waals surface area contributed by atoms with Gasteiger partial charge in [0, 0.05) is 24.3 Å². The maximum Gasteiger partial charge on any atom is 0.123 e. The van der Waals surface area contributed by atoms with E-state index in [2.05, 4.69) is 18.1 Å². The molecule has 1 aromatic carbocycles. The third-order valence-corrected chi connectivity index (χ3v) is 3.86. The normalized spacial score (nSPS) is 14.3. The number of hydrogen-bond acceptors (Lipinski definition) is 3. The first kappa shape index (κ1) is 15.3. The summed E-state index contributed by atoms with van der Waals surface area (Å²) < 4.78 is 13.2. The van der Waals surface area contributed by atoms with Crippen molar-refractivity contribution in [2.24, 2.45) is 0 Å². The van der Waals surface area contributed by atoms with Crippen LogP contribution in [0.25, 0.3) is 0 Å². The van der Waals surface area contributed by atoms with Gasteiger partial charge in [0.2, 0.25) is 0 Å². The Morgan fingerprint density at radius 2 is 2.06 bits per heavy atom. The van der Waals surface area contributed by atoms with Crippen molar-refractivity contribution >= 4 is 17.4 Å². The fraction of sp³-hybridized carbons (Fsp3) is 0.571. The van der Waals surface area contributed by atoms with Crippen LogP contribution < -0.4 is 4.90 Å². The number of nitrogens with zero attached hydrogens (tertiary/aromatic N) is 1. The van der Waals surface area contributed by atoms with Gasteiger partial charge in [-0.3, -0.25) is 0 Å². The maximum absolute atomic E-state index is 13.2. The molecule has 0 fully saturated rings.